The first-order valence-electron chi connectivity index (χ1n) is 10.6. The summed E-state index contributed by atoms with van der Waals surface area (Å²) in [6, 6.07) is 4.05. The molecule has 7 nitrogen and oxygen atoms in total. The van der Waals surface area contributed by atoms with E-state index in [0.717, 1.165) is 38.8 Å². The first-order valence-corrected chi connectivity index (χ1v) is 10.6. The van der Waals surface area contributed by atoms with E-state index in [9.17, 15) is 9.59 Å². The molecule has 3 aliphatic rings. The molecule has 29 heavy (non-hydrogen) atoms. The molecule has 158 valence electrons. The summed E-state index contributed by atoms with van der Waals surface area (Å²) in [5.74, 6) is 1.24. The van der Waals surface area contributed by atoms with Crippen molar-refractivity contribution in [1.29, 1.82) is 0 Å². The molecule has 0 aromatic carbocycles. The van der Waals surface area contributed by atoms with Gasteiger partial charge in [-0.1, -0.05) is 20.8 Å². The van der Waals surface area contributed by atoms with Crippen LogP contribution in [0.15, 0.2) is 18.3 Å². The Morgan fingerprint density at radius 3 is 2.55 bits per heavy atom. The van der Waals surface area contributed by atoms with E-state index in [-0.39, 0.29) is 17.4 Å². The molecule has 3 saturated heterocycles. The minimum atomic E-state index is -0.439. The van der Waals surface area contributed by atoms with Crippen LogP contribution in [-0.4, -0.2) is 60.3 Å². The van der Waals surface area contributed by atoms with Gasteiger partial charge in [0.2, 0.25) is 5.91 Å². The molecule has 0 N–H and O–H groups in total. The lowest BCUT2D eigenvalue weighted by molar-refractivity contribution is -0.140. The van der Waals surface area contributed by atoms with Gasteiger partial charge in [0.25, 0.3) is 0 Å². The monoisotopic (exact) mass is 401 g/mol. The van der Waals surface area contributed by atoms with Gasteiger partial charge in [-0.05, 0) is 36.5 Å². The molecule has 0 saturated carbocycles. The number of amides is 2. The standard InChI is InChI=1S/C22H31N3O4/c1-21(2,3)19(26)24-10-5-16(6-11-24)17-4-9-23-18(14-17)25-15-22(29-20(25)27)7-12-28-13-8-22/h4,9,14,16H,5-8,10-13,15H2,1-3H3. The smallest absolute Gasteiger partial charge is 0.416 e. The number of anilines is 1. The number of aromatic nitrogens is 1. The molecule has 1 spiro atoms. The van der Waals surface area contributed by atoms with Crippen molar-refractivity contribution in [3.63, 3.8) is 0 Å². The Balaban J connectivity index is 1.43. The number of nitrogens with zero attached hydrogens (tertiary/aromatic N) is 3. The van der Waals surface area contributed by atoms with E-state index in [2.05, 4.69) is 4.98 Å². The Morgan fingerprint density at radius 1 is 1.21 bits per heavy atom. The number of carbonyl (C=O) groups excluding carboxylic acids is 2. The molecule has 0 aliphatic carbocycles. The Kier molecular flexibility index (Phi) is 5.27. The van der Waals surface area contributed by atoms with Crippen molar-refractivity contribution in [1.82, 2.24) is 9.88 Å². The first kappa shape index (κ1) is 20.1. The van der Waals surface area contributed by atoms with Gasteiger partial charge in [0.05, 0.1) is 19.8 Å². The number of hydrogen-bond donors (Lipinski definition) is 0. The molecule has 1 aromatic heterocycles. The fourth-order valence-electron chi connectivity index (χ4n) is 4.53. The van der Waals surface area contributed by atoms with Crippen LogP contribution in [0.4, 0.5) is 10.6 Å². The molecule has 0 bridgehead atoms. The predicted octanol–water partition coefficient (Wildman–Crippen LogP) is 3.34. The lowest BCUT2D eigenvalue weighted by Gasteiger charge is -2.36. The van der Waals surface area contributed by atoms with Crippen molar-refractivity contribution in [2.45, 2.75) is 58.0 Å². The maximum atomic E-state index is 12.5. The maximum Gasteiger partial charge on any atom is 0.416 e. The van der Waals surface area contributed by atoms with E-state index in [4.69, 9.17) is 9.47 Å². The SMILES string of the molecule is CC(C)(C)C(=O)N1CCC(c2ccnc(N3CC4(CCOCC4)OC3=O)c2)CC1. The molecule has 0 atom stereocenters. The van der Waals surface area contributed by atoms with Gasteiger partial charge in [0, 0.05) is 37.5 Å². The van der Waals surface area contributed by atoms with Gasteiger partial charge in [0.1, 0.15) is 11.4 Å². The van der Waals surface area contributed by atoms with Gasteiger partial charge in [-0.2, -0.15) is 0 Å². The van der Waals surface area contributed by atoms with Crippen LogP contribution in [0.3, 0.4) is 0 Å². The number of piperidine rings is 1. The summed E-state index contributed by atoms with van der Waals surface area (Å²) in [5, 5.41) is 0. The highest BCUT2D eigenvalue weighted by Crippen LogP contribution is 2.36. The van der Waals surface area contributed by atoms with Crippen molar-refractivity contribution >= 4 is 17.8 Å². The van der Waals surface area contributed by atoms with Crippen molar-refractivity contribution in [2.24, 2.45) is 5.41 Å². The number of ether oxygens (including phenoxy) is 2. The van der Waals surface area contributed by atoms with Crippen LogP contribution in [0.25, 0.3) is 0 Å². The summed E-state index contributed by atoms with van der Waals surface area (Å²) in [6.45, 7) is 9.23. The average molecular weight is 402 g/mol. The second kappa shape index (κ2) is 7.59. The number of likely N-dealkylation sites (tertiary alicyclic amines) is 1. The molecule has 0 unspecified atom stereocenters. The van der Waals surface area contributed by atoms with Crippen LogP contribution in [0.5, 0.6) is 0 Å². The zero-order valence-electron chi connectivity index (χ0n) is 17.6. The summed E-state index contributed by atoms with van der Waals surface area (Å²) >= 11 is 0. The van der Waals surface area contributed by atoms with Gasteiger partial charge >= 0.3 is 6.09 Å². The highest BCUT2D eigenvalue weighted by molar-refractivity contribution is 5.89. The second-order valence-corrected chi connectivity index (χ2v) is 9.51. The first-order chi connectivity index (χ1) is 13.8. The Labute approximate surface area is 172 Å². The lowest BCUT2D eigenvalue weighted by atomic mass is 9.87. The minimum Gasteiger partial charge on any atom is -0.440 e. The van der Waals surface area contributed by atoms with E-state index in [1.807, 2.05) is 37.8 Å². The van der Waals surface area contributed by atoms with E-state index in [1.54, 1.807) is 11.1 Å². The quantitative estimate of drug-likeness (QED) is 0.760. The minimum absolute atomic E-state index is 0.216. The molecule has 0 radical (unpaired) electrons. The number of carbonyl (C=O) groups is 2. The summed E-state index contributed by atoms with van der Waals surface area (Å²) in [5.41, 5.74) is 0.400. The summed E-state index contributed by atoms with van der Waals surface area (Å²) in [7, 11) is 0. The van der Waals surface area contributed by atoms with E-state index < -0.39 is 5.60 Å². The molecule has 3 aliphatic heterocycles. The second-order valence-electron chi connectivity index (χ2n) is 9.51. The molecule has 1 aromatic rings. The van der Waals surface area contributed by atoms with Gasteiger partial charge in [-0.3, -0.25) is 9.69 Å². The summed E-state index contributed by atoms with van der Waals surface area (Å²) in [6.07, 6.45) is 4.78. The highest BCUT2D eigenvalue weighted by Gasteiger charge is 2.47. The fourth-order valence-corrected chi connectivity index (χ4v) is 4.53. The normalized spacial score (nSPS) is 22.8. The molecule has 4 rings (SSSR count). The third-order valence-corrected chi connectivity index (χ3v) is 6.32. The van der Waals surface area contributed by atoms with Crippen LogP contribution in [0.1, 0.15) is 57.9 Å². The predicted molar refractivity (Wildman–Crippen MR) is 109 cm³/mol. The molecule has 7 heteroatoms. The number of hydrogen-bond acceptors (Lipinski definition) is 5. The largest absolute Gasteiger partial charge is 0.440 e. The highest BCUT2D eigenvalue weighted by atomic mass is 16.6. The van der Waals surface area contributed by atoms with E-state index in [0.29, 0.717) is 31.5 Å². The third-order valence-electron chi connectivity index (χ3n) is 6.32. The topological polar surface area (TPSA) is 72.0 Å². The Hall–Kier alpha value is -2.15. The van der Waals surface area contributed by atoms with Crippen molar-refractivity contribution in [2.75, 3.05) is 37.7 Å². The summed E-state index contributed by atoms with van der Waals surface area (Å²) in [4.78, 5) is 33.1. The maximum absolute atomic E-state index is 12.5. The third kappa shape index (κ3) is 4.10. The Morgan fingerprint density at radius 2 is 1.90 bits per heavy atom. The molecular formula is C22H31N3O4. The zero-order valence-corrected chi connectivity index (χ0v) is 17.6. The molecule has 4 heterocycles. The van der Waals surface area contributed by atoms with Crippen LogP contribution >= 0.6 is 0 Å². The zero-order chi connectivity index (χ0) is 20.6. The lowest BCUT2D eigenvalue weighted by Crippen LogP contribution is -2.43. The van der Waals surface area contributed by atoms with E-state index >= 15 is 0 Å². The average Bonchev–Trinajstić information content (AvgIpc) is 3.03. The van der Waals surface area contributed by atoms with Crippen LogP contribution in [0.2, 0.25) is 0 Å². The molecular weight excluding hydrogens is 370 g/mol. The van der Waals surface area contributed by atoms with Crippen LogP contribution in [-0.2, 0) is 14.3 Å². The summed E-state index contributed by atoms with van der Waals surface area (Å²) < 4.78 is 11.2. The van der Waals surface area contributed by atoms with E-state index in [1.165, 1.54) is 5.56 Å². The fraction of sp³-hybridized carbons (Fsp3) is 0.682. The molecule has 3 fully saturated rings. The van der Waals surface area contributed by atoms with Crippen LogP contribution < -0.4 is 4.90 Å². The van der Waals surface area contributed by atoms with Gasteiger partial charge in [0.15, 0.2) is 0 Å². The van der Waals surface area contributed by atoms with Crippen molar-refractivity contribution in [3.05, 3.63) is 23.9 Å². The Bertz CT molecular complexity index is 775. The van der Waals surface area contributed by atoms with Gasteiger partial charge in [-0.15, -0.1) is 0 Å². The number of pyridine rings is 1. The van der Waals surface area contributed by atoms with Crippen molar-refractivity contribution in [3.8, 4) is 0 Å². The van der Waals surface area contributed by atoms with Gasteiger partial charge in [-0.25, -0.2) is 9.78 Å². The van der Waals surface area contributed by atoms with Crippen LogP contribution in [0, 0.1) is 5.41 Å². The number of rotatable bonds is 2. The van der Waals surface area contributed by atoms with Gasteiger partial charge < -0.3 is 14.4 Å². The van der Waals surface area contributed by atoms with Crippen molar-refractivity contribution < 1.29 is 19.1 Å². The molecule has 2 amide bonds.